The van der Waals surface area contributed by atoms with Gasteiger partial charge in [0.1, 0.15) is 36.1 Å². The number of aliphatic hydroxyl groups is 4. The molecule has 14 nitrogen and oxygen atoms in total. The zero-order valence-electron chi connectivity index (χ0n) is 33.4. The van der Waals surface area contributed by atoms with Crippen molar-refractivity contribution in [1.82, 2.24) is 5.32 Å². The molecular formula is C45H49NO13. The van der Waals surface area contributed by atoms with Gasteiger partial charge in [-0.3, -0.25) is 14.4 Å². The van der Waals surface area contributed by atoms with E-state index >= 15 is 4.79 Å². The second kappa shape index (κ2) is 15.4. The van der Waals surface area contributed by atoms with Crippen LogP contribution in [0.25, 0.3) is 0 Å². The number of carbonyl (C=O) groups excluding carboxylic acids is 5. The number of Topliss-reactive ketones (excluding diaryl/α,β-unsaturated/α-hetero) is 1. The average molecular weight is 812 g/mol. The summed E-state index contributed by atoms with van der Waals surface area (Å²) >= 11 is 0. The quantitative estimate of drug-likeness (QED) is 0.120. The van der Waals surface area contributed by atoms with Gasteiger partial charge in [-0.05, 0) is 54.8 Å². The van der Waals surface area contributed by atoms with Gasteiger partial charge in [-0.25, -0.2) is 9.59 Å². The Bertz CT molecular complexity index is 2160. The minimum Gasteiger partial charge on any atom is -0.456 e. The molecule has 1 saturated heterocycles. The van der Waals surface area contributed by atoms with Gasteiger partial charge < -0.3 is 44.7 Å². The molecule has 59 heavy (non-hydrogen) atoms. The highest BCUT2D eigenvalue weighted by molar-refractivity contribution is 5.97. The molecule has 3 aliphatic carbocycles. The lowest BCUT2D eigenvalue weighted by Gasteiger charge is -2.67. The largest absolute Gasteiger partial charge is 0.456 e. The molecule has 3 aromatic rings. The topological polar surface area (TPSA) is 215 Å². The lowest BCUT2D eigenvalue weighted by molar-refractivity contribution is -0.346. The summed E-state index contributed by atoms with van der Waals surface area (Å²) in [5, 5.41) is 51.8. The van der Waals surface area contributed by atoms with Crippen LogP contribution in [0.1, 0.15) is 79.8 Å². The van der Waals surface area contributed by atoms with E-state index in [0.717, 1.165) is 6.92 Å². The normalized spacial score (nSPS) is 33.0. The van der Waals surface area contributed by atoms with E-state index in [1.54, 1.807) is 80.6 Å². The number of benzene rings is 3. The van der Waals surface area contributed by atoms with Crippen molar-refractivity contribution in [3.05, 3.63) is 119 Å². The minimum absolute atomic E-state index is 0.0521. The number of amides is 1. The standard InChI is InChI=1S/C45H49NO13/c1-24-29(57-41(54)33(34(49)26-15-9-6-10-16-26)46-39(52)27-17-11-7-12-18-27)22-45(55)38(58-40(53)28-19-13-8-14-20-28)36-43(5,37(51)35(50)32(24)42(45,3)4)30(48)21-31-44(36,23-56-31)59-25(2)47/h6-20,29-31,33-36,38,48-50,55H,21-23H2,1-5H3,(H,46,52)/t29-,30-,31+,33-,34+,35+,36-,38-,43+,44-,45-/m0/s1. The molecule has 0 radical (unpaired) electrons. The number of nitrogens with one attached hydrogen (secondary N) is 1. The van der Waals surface area contributed by atoms with Crippen molar-refractivity contribution in [3.8, 4) is 0 Å². The average Bonchev–Trinajstić information content (AvgIpc) is 3.21. The molecule has 2 bridgehead atoms. The smallest absolute Gasteiger partial charge is 0.338 e. The molecule has 1 heterocycles. The predicted octanol–water partition coefficient (Wildman–Crippen LogP) is 3.16. The van der Waals surface area contributed by atoms with Crippen LogP contribution in [0.2, 0.25) is 0 Å². The van der Waals surface area contributed by atoms with E-state index in [1.807, 2.05) is 0 Å². The number of rotatable bonds is 9. The van der Waals surface area contributed by atoms with Crippen LogP contribution in [0.3, 0.4) is 0 Å². The molecule has 14 heteroatoms. The third-order valence-corrected chi connectivity index (χ3v) is 13.2. The number of fused-ring (bicyclic) bond motifs is 5. The molecule has 3 aromatic carbocycles. The summed E-state index contributed by atoms with van der Waals surface area (Å²) in [6.45, 7) is 6.90. The summed E-state index contributed by atoms with van der Waals surface area (Å²) in [7, 11) is 0. The van der Waals surface area contributed by atoms with Crippen LogP contribution in [0, 0.1) is 16.7 Å². The maximum atomic E-state index is 15.0. The van der Waals surface area contributed by atoms with E-state index in [-0.39, 0.29) is 40.9 Å². The molecule has 5 N–H and O–H groups in total. The van der Waals surface area contributed by atoms with Gasteiger partial charge in [0, 0.05) is 30.7 Å². The van der Waals surface area contributed by atoms with Crippen molar-refractivity contribution in [3.63, 3.8) is 0 Å². The number of esters is 3. The highest BCUT2D eigenvalue weighted by Gasteiger charge is 2.78. The van der Waals surface area contributed by atoms with Crippen molar-refractivity contribution in [2.45, 2.75) is 101 Å². The van der Waals surface area contributed by atoms with Crippen LogP contribution in [-0.4, -0.2) is 104 Å². The summed E-state index contributed by atoms with van der Waals surface area (Å²) in [6.07, 6.45) is -10.1. The highest BCUT2D eigenvalue weighted by Crippen LogP contribution is 2.64. The Hall–Kier alpha value is -5.25. The fourth-order valence-electron chi connectivity index (χ4n) is 9.91. The van der Waals surface area contributed by atoms with E-state index in [4.69, 9.17) is 18.9 Å². The second-order valence-electron chi connectivity index (χ2n) is 16.8. The summed E-state index contributed by atoms with van der Waals surface area (Å²) in [6, 6.07) is 22.3. The molecule has 1 aliphatic heterocycles. The number of hydrogen-bond donors (Lipinski definition) is 5. The van der Waals surface area contributed by atoms with E-state index in [2.05, 4.69) is 5.32 Å². The first kappa shape index (κ1) is 41.9. The Labute approximate surface area is 341 Å². The Kier molecular flexibility index (Phi) is 10.9. The van der Waals surface area contributed by atoms with Crippen molar-refractivity contribution >= 4 is 29.6 Å². The Morgan fingerprint density at radius 1 is 0.864 bits per heavy atom. The molecule has 4 aliphatic rings. The summed E-state index contributed by atoms with van der Waals surface area (Å²) in [4.78, 5) is 70.0. The molecule has 2 saturated carbocycles. The van der Waals surface area contributed by atoms with Gasteiger partial charge in [0.15, 0.2) is 17.4 Å². The van der Waals surface area contributed by atoms with Crippen LogP contribution < -0.4 is 5.32 Å². The van der Waals surface area contributed by atoms with Crippen molar-refractivity contribution < 1.29 is 63.3 Å². The zero-order chi connectivity index (χ0) is 42.7. The molecule has 1 amide bonds. The molecule has 11 atom stereocenters. The van der Waals surface area contributed by atoms with Gasteiger partial charge in [-0.1, -0.05) is 80.6 Å². The minimum atomic E-state index is -2.35. The van der Waals surface area contributed by atoms with E-state index in [1.165, 1.54) is 38.1 Å². The number of aliphatic hydroxyl groups excluding tert-OH is 3. The lowest BCUT2D eigenvalue weighted by atomic mass is 9.44. The number of ketones is 1. The summed E-state index contributed by atoms with van der Waals surface area (Å²) in [5.41, 5.74) is -7.04. The monoisotopic (exact) mass is 811 g/mol. The van der Waals surface area contributed by atoms with Gasteiger partial charge in [0.05, 0.1) is 29.6 Å². The Balaban J connectivity index is 1.37. The molecule has 3 fully saturated rings. The van der Waals surface area contributed by atoms with Crippen LogP contribution in [0.4, 0.5) is 0 Å². The Morgan fingerprint density at radius 3 is 2.00 bits per heavy atom. The lowest BCUT2D eigenvalue weighted by Crippen LogP contribution is -2.81. The zero-order valence-corrected chi connectivity index (χ0v) is 33.4. The van der Waals surface area contributed by atoms with Crippen molar-refractivity contribution in [2.24, 2.45) is 16.7 Å². The first-order chi connectivity index (χ1) is 27.9. The van der Waals surface area contributed by atoms with E-state index < -0.39 is 107 Å². The maximum absolute atomic E-state index is 15.0. The molecular weight excluding hydrogens is 762 g/mol. The van der Waals surface area contributed by atoms with Crippen LogP contribution in [0.5, 0.6) is 0 Å². The highest BCUT2D eigenvalue weighted by atomic mass is 16.6. The van der Waals surface area contributed by atoms with Crippen LogP contribution >= 0.6 is 0 Å². The Morgan fingerprint density at radius 2 is 1.44 bits per heavy atom. The second-order valence-corrected chi connectivity index (χ2v) is 16.8. The van der Waals surface area contributed by atoms with E-state index in [9.17, 15) is 39.6 Å². The SMILES string of the molecule is CC(=O)O[C@@]12CO[C@@H]1C[C@H](O)[C@@]1(C)C(=O)[C@H](O)C3=C(C)[C@@H](OC(=O)[C@@H](NC(=O)c4ccccc4)[C@H](O)c4ccccc4)C[C@](O)([C@@H](OC(=O)c4ccccc4)[C@H]21)C3(C)C. The summed E-state index contributed by atoms with van der Waals surface area (Å²) in [5.74, 6) is -5.91. The molecule has 7 rings (SSSR count). The van der Waals surface area contributed by atoms with Gasteiger partial charge in [0.2, 0.25) is 0 Å². The summed E-state index contributed by atoms with van der Waals surface area (Å²) < 4.78 is 24.3. The fourth-order valence-corrected chi connectivity index (χ4v) is 9.91. The van der Waals surface area contributed by atoms with E-state index in [0.29, 0.717) is 0 Å². The molecule has 0 unspecified atom stereocenters. The predicted molar refractivity (Wildman–Crippen MR) is 208 cm³/mol. The third-order valence-electron chi connectivity index (χ3n) is 13.2. The van der Waals surface area contributed by atoms with Crippen LogP contribution in [0.15, 0.2) is 102 Å². The van der Waals surface area contributed by atoms with Gasteiger partial charge in [-0.15, -0.1) is 0 Å². The van der Waals surface area contributed by atoms with Gasteiger partial charge in [-0.2, -0.15) is 0 Å². The number of ether oxygens (including phenoxy) is 4. The maximum Gasteiger partial charge on any atom is 0.338 e. The van der Waals surface area contributed by atoms with Crippen LogP contribution in [-0.2, 0) is 33.3 Å². The van der Waals surface area contributed by atoms with Crippen molar-refractivity contribution in [1.29, 1.82) is 0 Å². The van der Waals surface area contributed by atoms with Crippen molar-refractivity contribution in [2.75, 3.05) is 6.61 Å². The number of hydrogen-bond acceptors (Lipinski definition) is 13. The molecule has 0 aromatic heterocycles. The third kappa shape index (κ3) is 6.76. The van der Waals surface area contributed by atoms with Gasteiger partial charge >= 0.3 is 17.9 Å². The van der Waals surface area contributed by atoms with Gasteiger partial charge in [0.25, 0.3) is 5.91 Å². The first-order valence-corrected chi connectivity index (χ1v) is 19.6. The molecule has 312 valence electrons. The number of carbonyl (C=O) groups is 5. The molecule has 0 spiro atoms. The fraction of sp³-hybridized carbons (Fsp3) is 0.444. The first-order valence-electron chi connectivity index (χ1n) is 19.6.